The van der Waals surface area contributed by atoms with E-state index in [-0.39, 0.29) is 0 Å². The molecule has 102 valence electrons. The van der Waals surface area contributed by atoms with Gasteiger partial charge < -0.3 is 16.0 Å². The number of hydrogen-bond donors (Lipinski definition) is 2. The van der Waals surface area contributed by atoms with Gasteiger partial charge in [-0.1, -0.05) is 0 Å². The number of nitrogens with one attached hydrogen (secondary N) is 1. The molecule has 0 saturated carbocycles. The fourth-order valence-electron chi connectivity index (χ4n) is 2.77. The Hall–Kier alpha value is -1.89. The van der Waals surface area contributed by atoms with E-state index in [1.54, 1.807) is 4.68 Å². The molecular weight excluding hydrogens is 242 g/mol. The second-order valence-electron chi connectivity index (χ2n) is 5.17. The minimum atomic E-state index is 0.295. The van der Waals surface area contributed by atoms with Crippen LogP contribution in [0.4, 0.5) is 11.8 Å². The molecule has 0 bridgehead atoms. The van der Waals surface area contributed by atoms with Crippen LogP contribution < -0.4 is 16.0 Å². The quantitative estimate of drug-likeness (QED) is 0.759. The Kier molecular flexibility index (Phi) is 2.78. The summed E-state index contributed by atoms with van der Waals surface area (Å²) in [6.45, 7) is 6.25. The van der Waals surface area contributed by atoms with Gasteiger partial charge in [0, 0.05) is 32.2 Å². The number of hydrogen-bond acceptors (Lipinski definition) is 6. The first-order valence-electron chi connectivity index (χ1n) is 6.52. The van der Waals surface area contributed by atoms with Gasteiger partial charge >= 0.3 is 0 Å². The number of fused-ring (bicyclic) bond motifs is 1. The molecule has 7 heteroatoms. The van der Waals surface area contributed by atoms with Crippen molar-refractivity contribution in [3.8, 4) is 0 Å². The summed E-state index contributed by atoms with van der Waals surface area (Å²) in [6, 6.07) is 0.725. The molecule has 2 aromatic heterocycles. The van der Waals surface area contributed by atoms with Gasteiger partial charge in [-0.3, -0.25) is 4.68 Å². The summed E-state index contributed by atoms with van der Waals surface area (Å²) in [6.07, 6.45) is 1.81. The SMILES string of the molecule is C[C@H]1CNC[C@H](C)N1c1nc(N)nc2c1cnn2C. The molecule has 1 saturated heterocycles. The lowest BCUT2D eigenvalue weighted by Gasteiger charge is -2.40. The molecule has 0 spiro atoms. The molecule has 0 aliphatic carbocycles. The van der Waals surface area contributed by atoms with E-state index in [1.807, 2.05) is 13.2 Å². The number of aromatic nitrogens is 4. The van der Waals surface area contributed by atoms with Crippen LogP contribution in [0, 0.1) is 0 Å². The molecule has 3 rings (SSSR count). The fraction of sp³-hybridized carbons (Fsp3) is 0.583. The van der Waals surface area contributed by atoms with Gasteiger partial charge in [-0.15, -0.1) is 0 Å². The maximum absolute atomic E-state index is 5.84. The highest BCUT2D eigenvalue weighted by Crippen LogP contribution is 2.28. The van der Waals surface area contributed by atoms with Crippen LogP contribution in [0.25, 0.3) is 11.0 Å². The van der Waals surface area contributed by atoms with Gasteiger partial charge in [-0.25, -0.2) is 0 Å². The summed E-state index contributed by atoms with van der Waals surface area (Å²) >= 11 is 0. The zero-order valence-electron chi connectivity index (χ0n) is 11.5. The molecule has 0 amide bonds. The Labute approximate surface area is 111 Å². The molecule has 0 aromatic carbocycles. The predicted octanol–water partition coefficient (Wildman–Crippen LogP) is 0.132. The van der Waals surface area contributed by atoms with Crippen molar-refractivity contribution < 1.29 is 0 Å². The van der Waals surface area contributed by atoms with Crippen molar-refractivity contribution in [2.75, 3.05) is 23.7 Å². The average Bonchev–Trinajstić information content (AvgIpc) is 2.71. The molecule has 3 heterocycles. The van der Waals surface area contributed by atoms with Crippen LogP contribution in [-0.4, -0.2) is 44.9 Å². The van der Waals surface area contributed by atoms with Crippen molar-refractivity contribution in [2.45, 2.75) is 25.9 Å². The molecule has 7 nitrogen and oxygen atoms in total. The number of aryl methyl sites for hydroxylation is 1. The monoisotopic (exact) mass is 261 g/mol. The molecule has 2 atom stereocenters. The number of nitrogen functional groups attached to an aromatic ring is 1. The van der Waals surface area contributed by atoms with E-state index in [0.717, 1.165) is 29.9 Å². The number of anilines is 2. The summed E-state index contributed by atoms with van der Waals surface area (Å²) in [5.41, 5.74) is 6.62. The second-order valence-corrected chi connectivity index (χ2v) is 5.17. The van der Waals surface area contributed by atoms with Crippen LogP contribution in [0.5, 0.6) is 0 Å². The third-order valence-corrected chi connectivity index (χ3v) is 3.66. The van der Waals surface area contributed by atoms with Gasteiger partial charge in [0.1, 0.15) is 5.82 Å². The molecule has 0 unspecified atom stereocenters. The minimum absolute atomic E-state index is 0.295. The normalized spacial score (nSPS) is 24.1. The van der Waals surface area contributed by atoms with Crippen molar-refractivity contribution in [2.24, 2.45) is 7.05 Å². The van der Waals surface area contributed by atoms with Gasteiger partial charge in [-0.2, -0.15) is 15.1 Å². The molecule has 1 aliphatic rings. The van der Waals surface area contributed by atoms with Crippen molar-refractivity contribution in [1.82, 2.24) is 25.1 Å². The Morgan fingerprint density at radius 1 is 1.26 bits per heavy atom. The molecule has 1 fully saturated rings. The van der Waals surface area contributed by atoms with Gasteiger partial charge in [0.15, 0.2) is 5.65 Å². The van der Waals surface area contributed by atoms with E-state index < -0.39 is 0 Å². The summed E-state index contributed by atoms with van der Waals surface area (Å²) in [5.74, 6) is 1.18. The van der Waals surface area contributed by atoms with Crippen molar-refractivity contribution in [3.63, 3.8) is 0 Å². The van der Waals surface area contributed by atoms with Crippen molar-refractivity contribution in [3.05, 3.63) is 6.20 Å². The summed E-state index contributed by atoms with van der Waals surface area (Å²) in [7, 11) is 1.86. The maximum Gasteiger partial charge on any atom is 0.224 e. The lowest BCUT2D eigenvalue weighted by Crippen LogP contribution is -2.55. The lowest BCUT2D eigenvalue weighted by molar-refractivity contribution is 0.430. The van der Waals surface area contributed by atoms with Gasteiger partial charge in [0.05, 0.1) is 11.6 Å². The largest absolute Gasteiger partial charge is 0.368 e. The van der Waals surface area contributed by atoms with E-state index in [2.05, 4.69) is 39.1 Å². The maximum atomic E-state index is 5.84. The molecule has 1 aliphatic heterocycles. The highest BCUT2D eigenvalue weighted by Gasteiger charge is 2.28. The van der Waals surface area contributed by atoms with Crippen LogP contribution in [0.15, 0.2) is 6.20 Å². The first kappa shape index (κ1) is 12.2. The number of nitrogens with zero attached hydrogens (tertiary/aromatic N) is 5. The highest BCUT2D eigenvalue weighted by molar-refractivity contribution is 5.88. The third-order valence-electron chi connectivity index (χ3n) is 3.66. The van der Waals surface area contributed by atoms with E-state index >= 15 is 0 Å². The van der Waals surface area contributed by atoms with Gasteiger partial charge in [-0.05, 0) is 13.8 Å². The van der Waals surface area contributed by atoms with Crippen LogP contribution in [0.3, 0.4) is 0 Å². The minimum Gasteiger partial charge on any atom is -0.368 e. The predicted molar refractivity (Wildman–Crippen MR) is 75.0 cm³/mol. The number of nitrogens with two attached hydrogens (primary N) is 1. The van der Waals surface area contributed by atoms with Crippen LogP contribution in [0.2, 0.25) is 0 Å². The van der Waals surface area contributed by atoms with E-state index in [1.165, 1.54) is 0 Å². The summed E-state index contributed by atoms with van der Waals surface area (Å²) in [5, 5.41) is 8.63. The van der Waals surface area contributed by atoms with E-state index in [9.17, 15) is 0 Å². The van der Waals surface area contributed by atoms with Crippen molar-refractivity contribution in [1.29, 1.82) is 0 Å². The number of rotatable bonds is 1. The Morgan fingerprint density at radius 3 is 2.63 bits per heavy atom. The standard InChI is InChI=1S/C12H19N7/c1-7-4-14-5-8(2)19(7)11-9-6-15-18(3)10(9)16-12(13)17-11/h6-8,14H,4-5H2,1-3H3,(H2,13,16,17)/t7-,8-/m0/s1. The smallest absolute Gasteiger partial charge is 0.224 e. The topological polar surface area (TPSA) is 84.9 Å². The van der Waals surface area contributed by atoms with Gasteiger partial charge in [0.2, 0.25) is 5.95 Å². The summed E-state index contributed by atoms with van der Waals surface area (Å²) < 4.78 is 1.73. The zero-order chi connectivity index (χ0) is 13.6. The molecule has 3 N–H and O–H groups in total. The average molecular weight is 261 g/mol. The third kappa shape index (κ3) is 1.90. The summed E-state index contributed by atoms with van der Waals surface area (Å²) in [4.78, 5) is 11.0. The van der Waals surface area contributed by atoms with E-state index in [0.29, 0.717) is 18.0 Å². The fourth-order valence-corrected chi connectivity index (χ4v) is 2.77. The first-order chi connectivity index (χ1) is 9.08. The molecular formula is C12H19N7. The Balaban J connectivity index is 2.18. The molecule has 0 radical (unpaired) electrons. The number of piperazine rings is 1. The Bertz CT molecular complexity index is 595. The van der Waals surface area contributed by atoms with Gasteiger partial charge in [0.25, 0.3) is 0 Å². The zero-order valence-corrected chi connectivity index (χ0v) is 11.5. The van der Waals surface area contributed by atoms with E-state index in [4.69, 9.17) is 5.73 Å². The van der Waals surface area contributed by atoms with Crippen LogP contribution >= 0.6 is 0 Å². The van der Waals surface area contributed by atoms with Crippen LogP contribution in [0.1, 0.15) is 13.8 Å². The van der Waals surface area contributed by atoms with Crippen LogP contribution in [-0.2, 0) is 7.05 Å². The first-order valence-corrected chi connectivity index (χ1v) is 6.52. The Morgan fingerprint density at radius 2 is 1.95 bits per heavy atom. The van der Waals surface area contributed by atoms with Crippen molar-refractivity contribution >= 4 is 22.8 Å². The highest BCUT2D eigenvalue weighted by atomic mass is 15.3. The molecule has 19 heavy (non-hydrogen) atoms. The molecule has 2 aromatic rings. The second kappa shape index (κ2) is 4.34. The lowest BCUT2D eigenvalue weighted by atomic mass is 10.1.